The number of ether oxygens (including phenoxy) is 2. The monoisotopic (exact) mass is 445 g/mol. The quantitative estimate of drug-likeness (QED) is 0.663. The molecule has 7 nitrogen and oxygen atoms in total. The normalized spacial score (nSPS) is 37.9. The van der Waals surface area contributed by atoms with Crippen molar-refractivity contribution < 1.29 is 27.5 Å². The number of hydrogen-bond donors (Lipinski definition) is 0. The number of ketones is 2. The lowest BCUT2D eigenvalue weighted by Crippen LogP contribution is -2.67. The molecule has 0 amide bonds. The van der Waals surface area contributed by atoms with E-state index in [1.165, 1.54) is 11.4 Å². The zero-order valence-corrected chi connectivity index (χ0v) is 18.6. The van der Waals surface area contributed by atoms with Gasteiger partial charge in [0.15, 0.2) is 5.78 Å². The van der Waals surface area contributed by atoms with E-state index in [0.717, 1.165) is 5.56 Å². The van der Waals surface area contributed by atoms with Crippen LogP contribution in [0.4, 0.5) is 0 Å². The van der Waals surface area contributed by atoms with Gasteiger partial charge in [0.2, 0.25) is 15.8 Å². The molecule has 31 heavy (non-hydrogen) atoms. The maximum atomic E-state index is 13.6. The first-order valence-corrected chi connectivity index (χ1v) is 12.2. The lowest BCUT2D eigenvalue weighted by molar-refractivity contribution is -0.241. The second-order valence-corrected chi connectivity index (χ2v) is 11.1. The Balaban J connectivity index is 1.52. The first-order valence-electron chi connectivity index (χ1n) is 10.8. The molecule has 0 unspecified atom stereocenters. The molecule has 166 valence electrons. The van der Waals surface area contributed by atoms with Gasteiger partial charge >= 0.3 is 0 Å². The third-order valence-electron chi connectivity index (χ3n) is 7.85. The van der Waals surface area contributed by atoms with Crippen molar-refractivity contribution in [1.82, 2.24) is 4.31 Å². The number of hydrogen-bond acceptors (Lipinski definition) is 6. The molecule has 1 aromatic rings. The summed E-state index contributed by atoms with van der Waals surface area (Å²) in [4.78, 5) is 27.0. The van der Waals surface area contributed by atoms with Crippen molar-refractivity contribution in [1.29, 1.82) is 0 Å². The fourth-order valence-corrected chi connectivity index (χ4v) is 7.71. The van der Waals surface area contributed by atoms with Gasteiger partial charge < -0.3 is 9.47 Å². The number of carbonyl (C=O) groups is 2. The average molecular weight is 446 g/mol. The summed E-state index contributed by atoms with van der Waals surface area (Å²) in [5.41, 5.74) is -0.754. The Labute approximate surface area is 182 Å². The number of nitrogens with zero attached hydrogens (tertiary/aromatic N) is 1. The average Bonchev–Trinajstić information content (AvgIpc) is 3.03. The molecule has 8 heteroatoms. The highest BCUT2D eigenvalue weighted by Crippen LogP contribution is 2.69. The molecule has 5 aliphatic rings. The van der Waals surface area contributed by atoms with Crippen LogP contribution in [0, 0.1) is 23.7 Å². The lowest BCUT2D eigenvalue weighted by Gasteiger charge is -2.56. The van der Waals surface area contributed by atoms with E-state index in [1.807, 2.05) is 19.1 Å². The van der Waals surface area contributed by atoms with Crippen LogP contribution < -0.4 is 0 Å². The third kappa shape index (κ3) is 2.53. The Hall–Kier alpha value is -1.87. The Morgan fingerprint density at radius 3 is 2.61 bits per heavy atom. The van der Waals surface area contributed by atoms with Gasteiger partial charge in [0.05, 0.1) is 22.3 Å². The molecule has 6 rings (SSSR count). The standard InChI is InChI=1S/C23H27NO6S/c1-16-4-6-18(7-5-16)31(27,28)24-12-3-10-22-11-8-17-14-21(22,19(25)9-13-24)15-30-23(22,29-2)20(17)26/h4-8,11,17H,3,9-10,12-15H2,1-2H3/t17-,21+,22+,23+/m0/s1. The predicted octanol–water partition coefficient (Wildman–Crippen LogP) is 2.24. The summed E-state index contributed by atoms with van der Waals surface area (Å²) in [6.45, 7) is 2.43. The smallest absolute Gasteiger partial charge is 0.243 e. The van der Waals surface area contributed by atoms with Crippen molar-refractivity contribution in [2.24, 2.45) is 16.7 Å². The molecule has 4 atom stereocenters. The van der Waals surface area contributed by atoms with Gasteiger partial charge in [0, 0.05) is 32.5 Å². The summed E-state index contributed by atoms with van der Waals surface area (Å²) in [5.74, 6) is -2.02. The van der Waals surface area contributed by atoms with Crippen LogP contribution in [-0.2, 0) is 29.1 Å². The molecule has 2 saturated heterocycles. The highest BCUT2D eigenvalue weighted by atomic mass is 32.2. The van der Waals surface area contributed by atoms with E-state index in [-0.39, 0.29) is 42.6 Å². The molecule has 2 aliphatic heterocycles. The highest BCUT2D eigenvalue weighted by Gasteiger charge is 2.79. The summed E-state index contributed by atoms with van der Waals surface area (Å²) < 4.78 is 39.7. The van der Waals surface area contributed by atoms with Gasteiger partial charge in [-0.05, 0) is 38.3 Å². The summed E-state index contributed by atoms with van der Waals surface area (Å²) in [5, 5.41) is 0. The van der Waals surface area contributed by atoms with Crippen molar-refractivity contribution >= 4 is 21.6 Å². The number of benzene rings is 1. The number of methoxy groups -OCH3 is 1. The van der Waals surface area contributed by atoms with E-state index >= 15 is 0 Å². The van der Waals surface area contributed by atoms with Gasteiger partial charge in [-0.1, -0.05) is 29.8 Å². The molecule has 1 spiro atoms. The van der Waals surface area contributed by atoms with Gasteiger partial charge in [-0.2, -0.15) is 4.31 Å². The van der Waals surface area contributed by atoms with Gasteiger partial charge in [-0.3, -0.25) is 9.59 Å². The first-order chi connectivity index (χ1) is 14.7. The topological polar surface area (TPSA) is 90.0 Å². The number of aryl methyl sites for hydroxylation is 1. The highest BCUT2D eigenvalue weighted by molar-refractivity contribution is 7.89. The largest absolute Gasteiger partial charge is 0.346 e. The zero-order chi connectivity index (χ0) is 22.1. The number of Topliss-reactive ketones (excluding diaryl/α,β-unsaturated/α-hetero) is 2. The minimum Gasteiger partial charge on any atom is -0.346 e. The van der Waals surface area contributed by atoms with Crippen LogP contribution in [0.3, 0.4) is 0 Å². The van der Waals surface area contributed by atoms with Gasteiger partial charge in [0.1, 0.15) is 5.78 Å². The van der Waals surface area contributed by atoms with Crippen molar-refractivity contribution in [2.75, 3.05) is 26.8 Å². The molecule has 1 aromatic carbocycles. The Bertz CT molecular complexity index is 1080. The van der Waals surface area contributed by atoms with Crippen LogP contribution in [0.25, 0.3) is 0 Å². The summed E-state index contributed by atoms with van der Waals surface area (Å²) >= 11 is 0. The second-order valence-electron chi connectivity index (χ2n) is 9.19. The molecule has 0 N–H and O–H groups in total. The Morgan fingerprint density at radius 2 is 1.90 bits per heavy atom. The molecule has 1 saturated carbocycles. The van der Waals surface area contributed by atoms with Crippen LogP contribution in [-0.4, -0.2) is 56.9 Å². The first kappa shape index (κ1) is 21.0. The van der Waals surface area contributed by atoms with E-state index in [9.17, 15) is 18.0 Å². The minimum absolute atomic E-state index is 0.0423. The summed E-state index contributed by atoms with van der Waals surface area (Å²) in [6, 6.07) is 6.76. The Morgan fingerprint density at radius 1 is 1.16 bits per heavy atom. The zero-order valence-electron chi connectivity index (χ0n) is 17.8. The van der Waals surface area contributed by atoms with Crippen LogP contribution in [0.5, 0.6) is 0 Å². The van der Waals surface area contributed by atoms with E-state index in [1.54, 1.807) is 24.3 Å². The third-order valence-corrected chi connectivity index (χ3v) is 9.77. The van der Waals surface area contributed by atoms with Gasteiger partial charge in [-0.15, -0.1) is 0 Å². The number of allylic oxidation sites excluding steroid dienone is 1. The van der Waals surface area contributed by atoms with Crippen LogP contribution in [0.15, 0.2) is 41.3 Å². The molecular formula is C23H27NO6S. The van der Waals surface area contributed by atoms with Crippen molar-refractivity contribution in [3.63, 3.8) is 0 Å². The fraction of sp³-hybridized carbons (Fsp3) is 0.565. The molecule has 2 heterocycles. The SMILES string of the molecule is CO[C@]12OC[C@@]34C[C@H](C=C[C@]31CCCN(S(=O)(=O)c1ccc(C)cc1)CCC4=O)C2=O. The summed E-state index contributed by atoms with van der Waals surface area (Å²) in [6.07, 6.45) is 5.29. The number of rotatable bonds is 3. The van der Waals surface area contributed by atoms with E-state index in [0.29, 0.717) is 19.3 Å². The number of carbonyl (C=O) groups excluding carboxylic acids is 2. The van der Waals surface area contributed by atoms with E-state index < -0.39 is 32.6 Å². The van der Waals surface area contributed by atoms with Crippen LogP contribution in [0.1, 0.15) is 31.2 Å². The maximum Gasteiger partial charge on any atom is 0.243 e. The van der Waals surface area contributed by atoms with E-state index in [2.05, 4.69) is 0 Å². The van der Waals surface area contributed by atoms with Crippen molar-refractivity contribution in [2.45, 2.75) is 43.3 Å². The summed E-state index contributed by atoms with van der Waals surface area (Å²) in [7, 11) is -2.26. The van der Waals surface area contributed by atoms with Gasteiger partial charge in [-0.25, -0.2) is 8.42 Å². The molecule has 0 radical (unpaired) electrons. The van der Waals surface area contributed by atoms with Crippen LogP contribution >= 0.6 is 0 Å². The maximum absolute atomic E-state index is 13.6. The minimum atomic E-state index is -3.72. The van der Waals surface area contributed by atoms with Crippen molar-refractivity contribution in [3.8, 4) is 0 Å². The second kappa shape index (κ2) is 6.81. The van der Waals surface area contributed by atoms with E-state index in [4.69, 9.17) is 9.47 Å². The number of sulfonamides is 1. The van der Waals surface area contributed by atoms with Crippen LogP contribution in [0.2, 0.25) is 0 Å². The molecule has 3 fully saturated rings. The molecule has 4 bridgehead atoms. The predicted molar refractivity (Wildman–Crippen MR) is 112 cm³/mol. The van der Waals surface area contributed by atoms with Gasteiger partial charge in [0.25, 0.3) is 0 Å². The molecule has 0 aromatic heterocycles. The lowest BCUT2D eigenvalue weighted by atomic mass is 9.46. The Kier molecular flexibility index (Phi) is 4.61. The molecular weight excluding hydrogens is 418 g/mol. The fourth-order valence-electron chi connectivity index (χ4n) is 6.23. The van der Waals surface area contributed by atoms with Crippen molar-refractivity contribution in [3.05, 3.63) is 42.0 Å². The molecule has 3 aliphatic carbocycles.